The Hall–Kier alpha value is -0.870. The van der Waals surface area contributed by atoms with Crippen molar-refractivity contribution in [2.45, 2.75) is 6.54 Å². The highest BCUT2D eigenvalue weighted by molar-refractivity contribution is 4.94. The topological polar surface area (TPSA) is 50.1 Å². The first-order chi connectivity index (χ1) is 4.33. The minimum Gasteiger partial charge on any atom is -0.340 e. The van der Waals surface area contributed by atoms with E-state index in [-0.39, 0.29) is 0 Å². The minimum atomic E-state index is 0.404. The van der Waals surface area contributed by atoms with Crippen LogP contribution >= 0.6 is 0 Å². The summed E-state index contributed by atoms with van der Waals surface area (Å²) in [5.41, 5.74) is 2.85. The van der Waals surface area contributed by atoms with Gasteiger partial charge in [0, 0.05) is 13.2 Å². The third-order valence-corrected chi connectivity index (χ3v) is 1.02. The molecular formula is C5H9N3O. The predicted octanol–water partition coefficient (Wildman–Crippen LogP) is -0.101. The van der Waals surface area contributed by atoms with Gasteiger partial charge in [-0.15, -0.1) is 0 Å². The number of nitrogens with one attached hydrogen (secondary N) is 1. The van der Waals surface area contributed by atoms with Crippen LogP contribution in [-0.4, -0.2) is 14.8 Å². The van der Waals surface area contributed by atoms with Crippen molar-refractivity contribution in [3.8, 4) is 0 Å². The van der Waals surface area contributed by atoms with Crippen LogP contribution in [-0.2, 0) is 13.6 Å². The van der Waals surface area contributed by atoms with E-state index in [0.717, 1.165) is 5.69 Å². The summed E-state index contributed by atoms with van der Waals surface area (Å²) in [4.78, 5) is 3.95. The molecule has 9 heavy (non-hydrogen) atoms. The summed E-state index contributed by atoms with van der Waals surface area (Å²) in [5, 5.41) is 8.23. The standard InChI is InChI=1S/C5H9N3O/c1-8-3-5(2-7-9)6-4-8/h3-4,7,9H,2H2,1H3. The van der Waals surface area contributed by atoms with Crippen LogP contribution in [0.15, 0.2) is 12.5 Å². The number of hydroxylamine groups is 1. The van der Waals surface area contributed by atoms with Crippen LogP contribution < -0.4 is 5.48 Å². The SMILES string of the molecule is Cn1cnc(CNO)c1. The van der Waals surface area contributed by atoms with Gasteiger partial charge in [0.1, 0.15) is 0 Å². The van der Waals surface area contributed by atoms with E-state index in [1.54, 1.807) is 6.33 Å². The van der Waals surface area contributed by atoms with Gasteiger partial charge in [0.2, 0.25) is 0 Å². The zero-order chi connectivity index (χ0) is 6.69. The Morgan fingerprint density at radius 2 is 2.67 bits per heavy atom. The fraction of sp³-hybridized carbons (Fsp3) is 0.400. The van der Waals surface area contributed by atoms with Crippen LogP contribution in [0.3, 0.4) is 0 Å². The Morgan fingerprint density at radius 1 is 1.89 bits per heavy atom. The molecule has 0 aliphatic rings. The number of aromatic nitrogens is 2. The molecule has 0 saturated heterocycles. The molecule has 4 nitrogen and oxygen atoms in total. The summed E-state index contributed by atoms with van der Waals surface area (Å²) in [6.45, 7) is 0.404. The normalized spacial score (nSPS) is 10.0. The predicted molar refractivity (Wildman–Crippen MR) is 31.8 cm³/mol. The Kier molecular flexibility index (Phi) is 1.81. The molecule has 1 rings (SSSR count). The average molecular weight is 127 g/mol. The Labute approximate surface area is 53.1 Å². The van der Waals surface area contributed by atoms with Gasteiger partial charge in [-0.1, -0.05) is 0 Å². The van der Waals surface area contributed by atoms with Crippen LogP contribution in [0.2, 0.25) is 0 Å². The Balaban J connectivity index is 2.61. The van der Waals surface area contributed by atoms with Crippen molar-refractivity contribution in [3.05, 3.63) is 18.2 Å². The number of nitrogens with zero attached hydrogens (tertiary/aromatic N) is 2. The molecule has 0 bridgehead atoms. The molecule has 0 spiro atoms. The molecule has 4 heteroatoms. The van der Waals surface area contributed by atoms with Crippen molar-refractivity contribution in [2.75, 3.05) is 0 Å². The summed E-state index contributed by atoms with van der Waals surface area (Å²) in [6, 6.07) is 0. The van der Waals surface area contributed by atoms with Gasteiger partial charge >= 0.3 is 0 Å². The molecule has 1 heterocycles. The molecule has 0 amide bonds. The molecule has 50 valence electrons. The van der Waals surface area contributed by atoms with E-state index in [4.69, 9.17) is 5.21 Å². The van der Waals surface area contributed by atoms with Crippen molar-refractivity contribution in [1.82, 2.24) is 15.0 Å². The van der Waals surface area contributed by atoms with Crippen LogP contribution in [0.5, 0.6) is 0 Å². The Bertz CT molecular complexity index is 184. The second kappa shape index (κ2) is 2.61. The molecule has 0 saturated carbocycles. The molecule has 1 aromatic heterocycles. The van der Waals surface area contributed by atoms with Crippen molar-refractivity contribution in [2.24, 2.45) is 7.05 Å². The maximum Gasteiger partial charge on any atom is 0.0947 e. The lowest BCUT2D eigenvalue weighted by molar-refractivity contribution is 0.160. The first-order valence-electron chi connectivity index (χ1n) is 2.66. The van der Waals surface area contributed by atoms with Gasteiger partial charge in [-0.25, -0.2) is 4.98 Å². The largest absolute Gasteiger partial charge is 0.340 e. The van der Waals surface area contributed by atoms with Gasteiger partial charge in [-0.05, 0) is 0 Å². The highest BCUT2D eigenvalue weighted by Gasteiger charge is 1.91. The lowest BCUT2D eigenvalue weighted by Crippen LogP contribution is -2.05. The number of aryl methyl sites for hydroxylation is 1. The Morgan fingerprint density at radius 3 is 3.11 bits per heavy atom. The third-order valence-electron chi connectivity index (χ3n) is 1.02. The second-order valence-corrected chi connectivity index (χ2v) is 1.87. The van der Waals surface area contributed by atoms with Crippen molar-refractivity contribution < 1.29 is 5.21 Å². The van der Waals surface area contributed by atoms with Crippen LogP contribution in [0.25, 0.3) is 0 Å². The van der Waals surface area contributed by atoms with E-state index in [2.05, 4.69) is 4.98 Å². The van der Waals surface area contributed by atoms with E-state index < -0.39 is 0 Å². The number of imidazole rings is 1. The molecule has 0 aliphatic heterocycles. The molecule has 1 aromatic rings. The first kappa shape index (κ1) is 6.25. The molecular weight excluding hydrogens is 118 g/mol. The van der Waals surface area contributed by atoms with Gasteiger partial charge in [0.15, 0.2) is 0 Å². The molecule has 2 N–H and O–H groups in total. The van der Waals surface area contributed by atoms with Gasteiger partial charge in [-0.3, -0.25) is 0 Å². The maximum atomic E-state index is 8.23. The summed E-state index contributed by atoms with van der Waals surface area (Å²) >= 11 is 0. The van der Waals surface area contributed by atoms with Gasteiger partial charge in [0.25, 0.3) is 0 Å². The second-order valence-electron chi connectivity index (χ2n) is 1.87. The molecule has 0 radical (unpaired) electrons. The zero-order valence-corrected chi connectivity index (χ0v) is 5.20. The minimum absolute atomic E-state index is 0.404. The summed E-state index contributed by atoms with van der Waals surface area (Å²) in [7, 11) is 1.88. The van der Waals surface area contributed by atoms with E-state index in [1.807, 2.05) is 23.3 Å². The van der Waals surface area contributed by atoms with Gasteiger partial charge < -0.3 is 9.77 Å². The first-order valence-corrected chi connectivity index (χ1v) is 2.66. The van der Waals surface area contributed by atoms with E-state index >= 15 is 0 Å². The molecule has 0 aromatic carbocycles. The van der Waals surface area contributed by atoms with Crippen LogP contribution in [0, 0.1) is 0 Å². The summed E-state index contributed by atoms with van der Waals surface area (Å²) in [5.74, 6) is 0. The van der Waals surface area contributed by atoms with E-state index in [1.165, 1.54) is 0 Å². The number of hydrogen-bond donors (Lipinski definition) is 2. The monoisotopic (exact) mass is 127 g/mol. The lowest BCUT2D eigenvalue weighted by atomic mass is 10.5. The van der Waals surface area contributed by atoms with E-state index in [0.29, 0.717) is 6.54 Å². The van der Waals surface area contributed by atoms with Gasteiger partial charge in [-0.2, -0.15) is 5.48 Å². The highest BCUT2D eigenvalue weighted by atomic mass is 16.5. The van der Waals surface area contributed by atoms with Crippen molar-refractivity contribution in [3.63, 3.8) is 0 Å². The van der Waals surface area contributed by atoms with E-state index in [9.17, 15) is 0 Å². The zero-order valence-electron chi connectivity index (χ0n) is 5.20. The van der Waals surface area contributed by atoms with Crippen molar-refractivity contribution in [1.29, 1.82) is 0 Å². The summed E-state index contributed by atoms with van der Waals surface area (Å²) in [6.07, 6.45) is 3.52. The van der Waals surface area contributed by atoms with Crippen LogP contribution in [0.1, 0.15) is 5.69 Å². The fourth-order valence-corrected chi connectivity index (χ4v) is 0.639. The highest BCUT2D eigenvalue weighted by Crippen LogP contribution is 1.90. The molecule has 0 aliphatic carbocycles. The molecule has 0 unspecified atom stereocenters. The van der Waals surface area contributed by atoms with Crippen molar-refractivity contribution >= 4 is 0 Å². The third kappa shape index (κ3) is 1.51. The molecule has 0 atom stereocenters. The van der Waals surface area contributed by atoms with Crippen LogP contribution in [0.4, 0.5) is 0 Å². The smallest absolute Gasteiger partial charge is 0.0947 e. The lowest BCUT2D eigenvalue weighted by Gasteiger charge is -1.88. The molecule has 0 fully saturated rings. The quantitative estimate of drug-likeness (QED) is 0.545. The number of hydrogen-bond acceptors (Lipinski definition) is 3. The average Bonchev–Trinajstić information content (AvgIpc) is 2.17. The number of rotatable bonds is 2. The summed E-state index contributed by atoms with van der Waals surface area (Å²) < 4.78 is 1.83. The maximum absolute atomic E-state index is 8.23. The fourth-order valence-electron chi connectivity index (χ4n) is 0.639. The van der Waals surface area contributed by atoms with Gasteiger partial charge in [0.05, 0.1) is 18.6 Å².